The molecule has 0 unspecified atom stereocenters. The van der Waals surface area contributed by atoms with Gasteiger partial charge in [-0.15, -0.1) is 0 Å². The van der Waals surface area contributed by atoms with Crippen molar-refractivity contribution in [2.75, 3.05) is 0 Å². The first kappa shape index (κ1) is 31.7. The molecule has 10 aromatic rings. The molecule has 0 N–H and O–H groups in total. The van der Waals surface area contributed by atoms with E-state index in [1.54, 1.807) is 0 Å². The maximum atomic E-state index is 2.47. The minimum atomic E-state index is -0.0500. The highest BCUT2D eigenvalue weighted by Gasteiger charge is 2.35. The van der Waals surface area contributed by atoms with Crippen molar-refractivity contribution in [1.82, 2.24) is 0 Å². The van der Waals surface area contributed by atoms with Gasteiger partial charge in [0.25, 0.3) is 0 Å². The maximum Gasteiger partial charge on any atom is 0.0158 e. The summed E-state index contributed by atoms with van der Waals surface area (Å²) in [5.74, 6) is 0. The monoisotopic (exact) mass is 698 g/mol. The molecule has 0 saturated heterocycles. The van der Waals surface area contributed by atoms with Crippen molar-refractivity contribution in [2.45, 2.75) is 19.3 Å². The van der Waals surface area contributed by atoms with Gasteiger partial charge in [-0.3, -0.25) is 0 Å². The van der Waals surface area contributed by atoms with Crippen LogP contribution in [0.4, 0.5) is 0 Å². The van der Waals surface area contributed by atoms with Crippen molar-refractivity contribution < 1.29 is 0 Å². The Labute approximate surface area is 322 Å². The molecule has 55 heavy (non-hydrogen) atoms. The summed E-state index contributed by atoms with van der Waals surface area (Å²) in [5.41, 5.74) is 15.4. The number of hydrogen-bond donors (Lipinski definition) is 0. The maximum absolute atomic E-state index is 2.47. The quantitative estimate of drug-likeness (QED) is 0.161. The largest absolute Gasteiger partial charge is 0.0622 e. The molecule has 0 saturated carbocycles. The van der Waals surface area contributed by atoms with Crippen molar-refractivity contribution in [2.24, 2.45) is 0 Å². The second-order valence-electron chi connectivity index (χ2n) is 15.7. The second-order valence-corrected chi connectivity index (χ2v) is 15.7. The first-order valence-electron chi connectivity index (χ1n) is 19.3. The van der Waals surface area contributed by atoms with E-state index in [1.807, 2.05) is 0 Å². The topological polar surface area (TPSA) is 0 Å². The van der Waals surface area contributed by atoms with Crippen LogP contribution in [0.3, 0.4) is 0 Å². The minimum absolute atomic E-state index is 0.0500. The van der Waals surface area contributed by atoms with Crippen LogP contribution >= 0.6 is 0 Å². The summed E-state index contributed by atoms with van der Waals surface area (Å²) in [5, 5.41) is 10.0. The molecule has 0 heterocycles. The van der Waals surface area contributed by atoms with E-state index in [0.29, 0.717) is 0 Å². The molecule has 1 aliphatic carbocycles. The molecule has 0 bridgehead atoms. The summed E-state index contributed by atoms with van der Waals surface area (Å²) < 4.78 is 0. The fraction of sp³-hybridized carbons (Fsp3) is 0.0545. The first-order chi connectivity index (χ1) is 27.0. The molecule has 11 rings (SSSR count). The third-order valence-electron chi connectivity index (χ3n) is 12.2. The van der Waals surface area contributed by atoms with Gasteiger partial charge in [-0.2, -0.15) is 0 Å². The van der Waals surface area contributed by atoms with Gasteiger partial charge in [0.05, 0.1) is 0 Å². The Hall–Kier alpha value is -6.76. The standard InChI is InChI=1S/C55H38/c1-55(2)51-23-13-12-20-43(51)48-34-42(27-29-52(48)55)53-44-21-10-11-22-45(44)54(50-32-39-19-9-8-18-38(39)31-47(50)36-15-4-3-5-16-36)46-28-26-41(33-49(46)53)40-25-24-35-14-6-7-17-37(35)30-40/h3-34H,1-2H3. The van der Waals surface area contributed by atoms with Gasteiger partial charge in [-0.05, 0) is 140 Å². The van der Waals surface area contributed by atoms with E-state index in [9.17, 15) is 0 Å². The molecule has 0 radical (unpaired) electrons. The Morgan fingerprint density at radius 2 is 0.818 bits per heavy atom. The third-order valence-corrected chi connectivity index (χ3v) is 12.2. The van der Waals surface area contributed by atoms with E-state index in [-0.39, 0.29) is 5.41 Å². The Balaban J connectivity index is 1.26. The lowest BCUT2D eigenvalue weighted by Gasteiger charge is -2.23. The molecule has 0 heteroatoms. The van der Waals surface area contributed by atoms with E-state index in [0.717, 1.165) is 0 Å². The third kappa shape index (κ3) is 4.92. The Bertz CT molecular complexity index is 3160. The lowest BCUT2D eigenvalue weighted by Crippen LogP contribution is -2.14. The molecule has 0 fully saturated rings. The van der Waals surface area contributed by atoms with E-state index in [4.69, 9.17) is 0 Å². The summed E-state index contributed by atoms with van der Waals surface area (Å²) in [7, 11) is 0. The molecule has 0 nitrogen and oxygen atoms in total. The van der Waals surface area contributed by atoms with E-state index >= 15 is 0 Å². The molecular weight excluding hydrogens is 661 g/mol. The normalized spacial score (nSPS) is 13.1. The van der Waals surface area contributed by atoms with Gasteiger partial charge in [-0.1, -0.05) is 178 Å². The average molecular weight is 699 g/mol. The van der Waals surface area contributed by atoms with Crippen LogP contribution in [-0.2, 0) is 5.41 Å². The summed E-state index contributed by atoms with van der Waals surface area (Å²) in [6.07, 6.45) is 0. The van der Waals surface area contributed by atoms with Crippen LogP contribution in [0.15, 0.2) is 194 Å². The molecule has 0 amide bonds. The number of benzene rings is 10. The fourth-order valence-corrected chi connectivity index (χ4v) is 9.51. The molecule has 0 atom stereocenters. The van der Waals surface area contributed by atoms with Gasteiger partial charge >= 0.3 is 0 Å². The lowest BCUT2D eigenvalue weighted by molar-refractivity contribution is 0.660. The zero-order valence-corrected chi connectivity index (χ0v) is 31.0. The average Bonchev–Trinajstić information content (AvgIpc) is 3.47. The first-order valence-corrected chi connectivity index (χ1v) is 19.3. The Morgan fingerprint density at radius 1 is 0.273 bits per heavy atom. The van der Waals surface area contributed by atoms with Crippen LogP contribution in [0, 0.1) is 0 Å². The van der Waals surface area contributed by atoms with Gasteiger partial charge in [0, 0.05) is 5.41 Å². The number of rotatable bonds is 4. The molecule has 1 aliphatic rings. The van der Waals surface area contributed by atoms with Crippen molar-refractivity contribution in [3.05, 3.63) is 205 Å². The number of fused-ring (bicyclic) bond motifs is 7. The van der Waals surface area contributed by atoms with E-state index in [2.05, 4.69) is 208 Å². The molecule has 258 valence electrons. The van der Waals surface area contributed by atoms with Crippen LogP contribution in [-0.4, -0.2) is 0 Å². The molecule has 0 spiro atoms. The molecule has 0 aliphatic heterocycles. The van der Waals surface area contributed by atoms with Gasteiger partial charge in [0.1, 0.15) is 0 Å². The molecular formula is C55H38. The highest BCUT2D eigenvalue weighted by Crippen LogP contribution is 2.52. The van der Waals surface area contributed by atoms with Gasteiger partial charge in [0.2, 0.25) is 0 Å². The molecule has 10 aromatic carbocycles. The highest BCUT2D eigenvalue weighted by atomic mass is 14.4. The van der Waals surface area contributed by atoms with Gasteiger partial charge in [0.15, 0.2) is 0 Å². The predicted molar refractivity (Wildman–Crippen MR) is 236 cm³/mol. The van der Waals surface area contributed by atoms with Crippen molar-refractivity contribution in [1.29, 1.82) is 0 Å². The van der Waals surface area contributed by atoms with Crippen molar-refractivity contribution in [3.63, 3.8) is 0 Å². The zero-order chi connectivity index (χ0) is 36.7. The Morgan fingerprint density at radius 3 is 1.60 bits per heavy atom. The summed E-state index contributed by atoms with van der Waals surface area (Å²) in [6, 6.07) is 72.4. The van der Waals surface area contributed by atoms with E-state index in [1.165, 1.54) is 110 Å². The van der Waals surface area contributed by atoms with Crippen LogP contribution in [0.1, 0.15) is 25.0 Å². The fourth-order valence-electron chi connectivity index (χ4n) is 9.51. The van der Waals surface area contributed by atoms with E-state index < -0.39 is 0 Å². The number of hydrogen-bond acceptors (Lipinski definition) is 0. The van der Waals surface area contributed by atoms with Crippen LogP contribution < -0.4 is 0 Å². The minimum Gasteiger partial charge on any atom is -0.0622 e. The smallest absolute Gasteiger partial charge is 0.0158 e. The van der Waals surface area contributed by atoms with Crippen LogP contribution in [0.25, 0.3) is 98.7 Å². The zero-order valence-electron chi connectivity index (χ0n) is 31.0. The summed E-state index contributed by atoms with van der Waals surface area (Å²) in [4.78, 5) is 0. The lowest BCUT2D eigenvalue weighted by atomic mass is 9.80. The van der Waals surface area contributed by atoms with Gasteiger partial charge in [-0.25, -0.2) is 0 Å². The van der Waals surface area contributed by atoms with Crippen LogP contribution in [0.5, 0.6) is 0 Å². The van der Waals surface area contributed by atoms with Crippen molar-refractivity contribution in [3.8, 4) is 55.6 Å². The van der Waals surface area contributed by atoms with Crippen LogP contribution in [0.2, 0.25) is 0 Å². The van der Waals surface area contributed by atoms with Gasteiger partial charge < -0.3 is 0 Å². The molecule has 0 aromatic heterocycles. The highest BCUT2D eigenvalue weighted by molar-refractivity contribution is 6.23. The summed E-state index contributed by atoms with van der Waals surface area (Å²) in [6.45, 7) is 4.72. The predicted octanol–water partition coefficient (Wildman–Crippen LogP) is 15.3. The second kappa shape index (κ2) is 12.1. The SMILES string of the molecule is CC1(C)c2ccccc2-c2cc(-c3c4ccccc4c(-c4cc5ccccc5cc4-c4ccccc4)c4ccc(-c5ccc6ccccc6c5)cc34)ccc21. The summed E-state index contributed by atoms with van der Waals surface area (Å²) >= 11 is 0. The Kier molecular flexibility index (Phi) is 7.00. The van der Waals surface area contributed by atoms with Crippen molar-refractivity contribution >= 4 is 43.1 Å².